The summed E-state index contributed by atoms with van der Waals surface area (Å²) in [4.78, 5) is 5.91. The molecule has 0 amide bonds. The largest absolute Gasteiger partial charge is 0.296 e. The number of hydrogen-bond donors (Lipinski definition) is 0. The molecule has 0 spiro atoms. The summed E-state index contributed by atoms with van der Waals surface area (Å²) in [6.07, 6.45) is 2.85. The number of hydrogen-bond acceptors (Lipinski definition) is 1. The van der Waals surface area contributed by atoms with Gasteiger partial charge >= 0.3 is 0 Å². The number of aryl methyl sites for hydroxylation is 1. The lowest BCUT2D eigenvalue weighted by Gasteiger charge is -2.67. The number of nitrogens with zero attached hydrogens (tertiary/aromatic N) is 4. The molecule has 4 heteroatoms. The minimum absolute atomic E-state index is 0.00962. The molecule has 0 saturated carbocycles. The van der Waals surface area contributed by atoms with Crippen molar-refractivity contribution >= 4 is 21.5 Å². The summed E-state index contributed by atoms with van der Waals surface area (Å²) < 4.78 is 5.29. The smallest absolute Gasteiger partial charge is 0.226 e. The van der Waals surface area contributed by atoms with Crippen LogP contribution in [0.2, 0.25) is 0 Å². The summed E-state index contributed by atoms with van der Waals surface area (Å²) in [5.41, 5.74) is 12.0. The first kappa shape index (κ1) is 40.8. The van der Waals surface area contributed by atoms with E-state index in [-0.39, 0.29) is 27.2 Å². The lowest BCUT2D eigenvalue weighted by Crippen LogP contribution is -2.89. The maximum Gasteiger partial charge on any atom is 0.296 e. The third-order valence-corrected chi connectivity index (χ3v) is 17.3. The van der Waals surface area contributed by atoms with Crippen LogP contribution in [0.1, 0.15) is 157 Å². The van der Waals surface area contributed by atoms with Crippen molar-refractivity contribution in [2.24, 2.45) is 5.92 Å². The van der Waals surface area contributed by atoms with Crippen molar-refractivity contribution in [1.29, 1.82) is 0 Å². The molecule has 0 N–H and O–H groups in total. The molecule has 5 aromatic rings. The molecule has 3 saturated heterocycles. The summed E-state index contributed by atoms with van der Waals surface area (Å²) in [6, 6.07) is 25.1. The van der Waals surface area contributed by atoms with Crippen molar-refractivity contribution in [3.63, 3.8) is 0 Å². The molecular weight excluding hydrogens is 717 g/mol. The van der Waals surface area contributed by atoms with Gasteiger partial charge in [0.1, 0.15) is 11.2 Å². The molecule has 5 aliphatic rings. The van der Waals surface area contributed by atoms with E-state index in [4.69, 9.17) is 4.98 Å². The fourth-order valence-corrected chi connectivity index (χ4v) is 14.3. The summed E-state index contributed by atoms with van der Waals surface area (Å²) >= 11 is 0. The van der Waals surface area contributed by atoms with Crippen LogP contribution < -0.4 is 4.57 Å². The first-order valence-electron chi connectivity index (χ1n) is 23.2. The fraction of sp³-hybridized carbons (Fsp3) is 0.564. The highest BCUT2D eigenvalue weighted by Gasteiger charge is 2.72. The van der Waals surface area contributed by atoms with Crippen LogP contribution >= 0.6 is 0 Å². The van der Waals surface area contributed by atoms with E-state index >= 15 is 0 Å². The van der Waals surface area contributed by atoms with E-state index in [0.29, 0.717) is 24.2 Å². The zero-order valence-corrected chi connectivity index (χ0v) is 39.9. The molecule has 3 fully saturated rings. The number of quaternary nitrogens is 2. The number of fused-ring (bicyclic) bond motifs is 13. The minimum Gasteiger partial charge on any atom is -0.226 e. The Morgan fingerprint density at radius 3 is 1.61 bits per heavy atom. The van der Waals surface area contributed by atoms with Crippen LogP contribution in [-0.2, 0) is 27.2 Å². The molecule has 5 atom stereocenters. The van der Waals surface area contributed by atoms with Gasteiger partial charge in [-0.2, -0.15) is 0 Å². The topological polar surface area (TPSA) is 16.8 Å². The highest BCUT2D eigenvalue weighted by molar-refractivity contribution is 6.02. The van der Waals surface area contributed by atoms with Crippen LogP contribution in [0.3, 0.4) is 0 Å². The second-order valence-corrected chi connectivity index (χ2v) is 23.7. The molecule has 2 bridgehead atoms. The van der Waals surface area contributed by atoms with Crippen LogP contribution in [0.5, 0.6) is 0 Å². The van der Waals surface area contributed by atoms with Gasteiger partial charge in [-0.25, -0.2) is 13.5 Å². The number of benzene rings is 4. The molecule has 4 aromatic carbocycles. The van der Waals surface area contributed by atoms with Gasteiger partial charge in [0.2, 0.25) is 12.8 Å². The van der Waals surface area contributed by atoms with Gasteiger partial charge in [0.05, 0.1) is 36.7 Å². The molecule has 10 rings (SSSR count). The van der Waals surface area contributed by atoms with E-state index in [1.54, 1.807) is 5.56 Å². The normalized spacial score (nSPS) is 28.4. The first-order chi connectivity index (χ1) is 27.4. The van der Waals surface area contributed by atoms with Crippen molar-refractivity contribution in [3.05, 3.63) is 94.3 Å². The van der Waals surface area contributed by atoms with Gasteiger partial charge in [0.25, 0.3) is 5.82 Å². The van der Waals surface area contributed by atoms with Gasteiger partial charge in [-0.15, -0.1) is 0 Å². The van der Waals surface area contributed by atoms with Gasteiger partial charge in [-0.3, -0.25) is 0 Å². The maximum atomic E-state index is 5.91. The third kappa shape index (κ3) is 5.08. The maximum absolute atomic E-state index is 5.91. The molecule has 1 aromatic heterocycles. The quantitative estimate of drug-likeness (QED) is 0.131. The molecular formula is C55H75N4+3. The standard InChI is InChI=1S/C55H75N4/c1-33(2)50-58(34(3)4)28-26-54(16)46-40-25-21-19-23-38(40)44(52(11,12)13)31-42(46)49-47-48(56-36(7)57(49)55(54,17)27-29-59(50,32-58)35(5)6)41-30-43(51(8,9)10)37-22-18-20-24-39(37)45(41)53(47,14)15/h18-25,30-31,33-35,50H,26-29,32H2,1-17H3/q+3. The predicted molar refractivity (Wildman–Crippen MR) is 249 cm³/mol. The number of rotatable bonds is 3. The zero-order chi connectivity index (χ0) is 42.8. The lowest BCUT2D eigenvalue weighted by molar-refractivity contribution is -1.31. The van der Waals surface area contributed by atoms with Crippen LogP contribution in [0.4, 0.5) is 0 Å². The zero-order valence-electron chi connectivity index (χ0n) is 39.9. The Morgan fingerprint density at radius 2 is 1.12 bits per heavy atom. The van der Waals surface area contributed by atoms with Gasteiger partial charge in [-0.1, -0.05) is 125 Å². The van der Waals surface area contributed by atoms with Crippen LogP contribution in [0.25, 0.3) is 44.1 Å². The Balaban J connectivity index is 1.45. The first-order valence-corrected chi connectivity index (χ1v) is 23.2. The highest BCUT2D eigenvalue weighted by atomic mass is 15.7. The predicted octanol–water partition coefficient (Wildman–Crippen LogP) is 12.7. The average Bonchev–Trinajstić information content (AvgIpc) is 3.39. The molecule has 312 valence electrons. The molecule has 4 aliphatic heterocycles. The van der Waals surface area contributed by atoms with E-state index in [1.807, 2.05) is 0 Å². The van der Waals surface area contributed by atoms with Gasteiger partial charge in [0, 0.05) is 41.7 Å². The fourth-order valence-electron chi connectivity index (χ4n) is 14.3. The van der Waals surface area contributed by atoms with Crippen molar-refractivity contribution in [2.75, 3.05) is 19.8 Å². The second kappa shape index (κ2) is 12.5. The Bertz CT molecular complexity index is 2580. The van der Waals surface area contributed by atoms with Crippen molar-refractivity contribution in [3.8, 4) is 22.5 Å². The highest BCUT2D eigenvalue weighted by Crippen LogP contribution is 2.61. The summed E-state index contributed by atoms with van der Waals surface area (Å²) in [6.45, 7) is 45.9. The Morgan fingerprint density at radius 1 is 0.644 bits per heavy atom. The van der Waals surface area contributed by atoms with Crippen LogP contribution in [-0.4, -0.2) is 52.0 Å². The summed E-state index contributed by atoms with van der Waals surface area (Å²) in [5, 5.41) is 5.64. The van der Waals surface area contributed by atoms with Gasteiger partial charge < -0.3 is 0 Å². The van der Waals surface area contributed by atoms with E-state index in [9.17, 15) is 0 Å². The lowest BCUT2D eigenvalue weighted by atomic mass is 9.58. The third-order valence-electron chi connectivity index (χ3n) is 17.3. The van der Waals surface area contributed by atoms with Crippen molar-refractivity contribution < 1.29 is 13.5 Å². The van der Waals surface area contributed by atoms with E-state index < -0.39 is 0 Å². The minimum atomic E-state index is -0.274. The monoisotopic (exact) mass is 792 g/mol. The molecule has 59 heavy (non-hydrogen) atoms. The van der Waals surface area contributed by atoms with Gasteiger partial charge in [-0.05, 0) is 106 Å². The summed E-state index contributed by atoms with van der Waals surface area (Å²) in [7, 11) is 0. The van der Waals surface area contributed by atoms with Crippen LogP contribution in [0.15, 0.2) is 60.7 Å². The second-order valence-electron chi connectivity index (χ2n) is 23.7. The van der Waals surface area contributed by atoms with Crippen molar-refractivity contribution in [1.82, 2.24) is 4.98 Å². The summed E-state index contributed by atoms with van der Waals surface area (Å²) in [5.74, 6) is 1.76. The average molecular weight is 792 g/mol. The van der Waals surface area contributed by atoms with Gasteiger partial charge in [0.15, 0.2) is 5.69 Å². The SMILES string of the molecule is Cc1nc2c(c3[n+]1C1(C)CC[N+]4(C(C)C)C[N+](C(C)C)(CCC1(C)c1c-3cc(C(C)(C)C)c3ccccc13)C4C(C)C)C(C)(C)c1c-2cc(C(C)(C)C)c2ccccc12. The number of aromatic nitrogens is 2. The van der Waals surface area contributed by atoms with E-state index in [2.05, 4.69) is 183 Å². The van der Waals surface area contributed by atoms with Crippen LogP contribution in [0, 0.1) is 12.8 Å². The Hall–Kier alpha value is -3.60. The Labute approximate surface area is 357 Å². The molecule has 0 radical (unpaired) electrons. The van der Waals surface area contributed by atoms with E-state index in [0.717, 1.165) is 18.7 Å². The molecule has 1 aliphatic carbocycles. The van der Waals surface area contributed by atoms with E-state index in [1.165, 1.54) is 95.0 Å². The molecule has 5 unspecified atom stereocenters. The molecule has 5 heterocycles. The molecule has 4 nitrogen and oxygen atoms in total. The van der Waals surface area contributed by atoms with Crippen molar-refractivity contribution in [2.45, 2.75) is 176 Å². The Kier molecular flexibility index (Phi) is 8.64.